The van der Waals surface area contributed by atoms with Crippen molar-refractivity contribution in [2.24, 2.45) is 5.92 Å². The molecule has 5 heteroatoms. The molecule has 0 spiro atoms. The predicted molar refractivity (Wildman–Crippen MR) is 72.0 cm³/mol. The summed E-state index contributed by atoms with van der Waals surface area (Å²) in [5.41, 5.74) is 1.00. The number of nitrogens with one attached hydrogen (secondary N) is 1. The summed E-state index contributed by atoms with van der Waals surface area (Å²) in [5.74, 6) is 0.144. The van der Waals surface area contributed by atoms with Crippen molar-refractivity contribution in [1.82, 2.24) is 5.32 Å². The summed E-state index contributed by atoms with van der Waals surface area (Å²) >= 11 is 11.9. The molecule has 18 heavy (non-hydrogen) atoms. The average molecular weight is 288 g/mol. The van der Waals surface area contributed by atoms with Crippen LogP contribution in [0.4, 0.5) is 0 Å². The van der Waals surface area contributed by atoms with Gasteiger partial charge in [-0.25, -0.2) is 0 Å². The molecular weight excluding hydrogens is 273 g/mol. The molecule has 3 nitrogen and oxygen atoms in total. The first-order chi connectivity index (χ1) is 8.47. The fourth-order valence-electron chi connectivity index (χ4n) is 2.02. The van der Waals surface area contributed by atoms with Crippen molar-refractivity contribution in [2.45, 2.75) is 25.4 Å². The van der Waals surface area contributed by atoms with Gasteiger partial charge in [0.2, 0.25) is 5.91 Å². The van der Waals surface area contributed by atoms with E-state index in [1.807, 2.05) is 12.1 Å². The zero-order chi connectivity index (χ0) is 13.3. The highest BCUT2D eigenvalue weighted by atomic mass is 35.5. The first kappa shape index (κ1) is 13.7. The molecule has 0 saturated heterocycles. The van der Waals surface area contributed by atoms with Gasteiger partial charge in [0, 0.05) is 22.5 Å². The smallest absolute Gasteiger partial charge is 0.223 e. The number of aliphatic hydroxyl groups is 1. The van der Waals surface area contributed by atoms with Crippen LogP contribution in [0, 0.1) is 5.92 Å². The second-order valence-corrected chi connectivity index (χ2v) is 5.62. The average Bonchev–Trinajstić information content (AvgIpc) is 3.04. The molecule has 1 aliphatic rings. The molecule has 98 valence electrons. The zero-order valence-electron chi connectivity index (χ0n) is 9.99. The van der Waals surface area contributed by atoms with Gasteiger partial charge in [0.25, 0.3) is 0 Å². The van der Waals surface area contributed by atoms with Gasteiger partial charge in [-0.05, 0) is 43.0 Å². The third-order valence-electron chi connectivity index (χ3n) is 3.01. The first-order valence-corrected chi connectivity index (χ1v) is 6.64. The minimum absolute atomic E-state index is 0.0167. The summed E-state index contributed by atoms with van der Waals surface area (Å²) in [6.07, 6.45) is 0.286. The van der Waals surface area contributed by atoms with Crippen molar-refractivity contribution in [3.8, 4) is 0 Å². The Morgan fingerprint density at radius 3 is 2.61 bits per heavy atom. The standard InChI is InChI=1S/C13H15Cl2NO2/c1-7(17)6-16-13(18)12-5-11(12)8-2-9(14)4-10(15)3-8/h2-4,7,11-12,17H,5-6H2,1H3,(H,16,18). The highest BCUT2D eigenvalue weighted by Gasteiger charge is 2.44. The molecule has 3 atom stereocenters. The van der Waals surface area contributed by atoms with Gasteiger partial charge in [-0.3, -0.25) is 4.79 Å². The Morgan fingerprint density at radius 2 is 2.06 bits per heavy atom. The number of rotatable bonds is 4. The maximum absolute atomic E-state index is 11.8. The van der Waals surface area contributed by atoms with Crippen molar-refractivity contribution in [3.05, 3.63) is 33.8 Å². The van der Waals surface area contributed by atoms with Crippen LogP contribution in [0.3, 0.4) is 0 Å². The number of amides is 1. The van der Waals surface area contributed by atoms with Crippen molar-refractivity contribution in [2.75, 3.05) is 6.54 Å². The van der Waals surface area contributed by atoms with E-state index in [9.17, 15) is 4.79 Å². The fourth-order valence-corrected chi connectivity index (χ4v) is 2.56. The van der Waals surface area contributed by atoms with Gasteiger partial charge < -0.3 is 10.4 Å². The summed E-state index contributed by atoms with van der Waals surface area (Å²) in [7, 11) is 0. The van der Waals surface area contributed by atoms with Crippen LogP contribution >= 0.6 is 23.2 Å². The topological polar surface area (TPSA) is 49.3 Å². The van der Waals surface area contributed by atoms with Gasteiger partial charge in [0.1, 0.15) is 0 Å². The summed E-state index contributed by atoms with van der Waals surface area (Å²) in [6, 6.07) is 5.37. The van der Waals surface area contributed by atoms with Gasteiger partial charge in [-0.1, -0.05) is 23.2 Å². The van der Waals surface area contributed by atoms with Crippen molar-refractivity contribution in [3.63, 3.8) is 0 Å². The van der Waals surface area contributed by atoms with Gasteiger partial charge in [-0.2, -0.15) is 0 Å². The van der Waals surface area contributed by atoms with Gasteiger partial charge in [-0.15, -0.1) is 0 Å². The number of carbonyl (C=O) groups excluding carboxylic acids is 1. The molecule has 0 radical (unpaired) electrons. The van der Waals surface area contributed by atoms with E-state index in [4.69, 9.17) is 28.3 Å². The lowest BCUT2D eigenvalue weighted by atomic mass is 10.1. The SMILES string of the molecule is CC(O)CNC(=O)C1CC1c1cc(Cl)cc(Cl)c1. The first-order valence-electron chi connectivity index (χ1n) is 5.89. The molecule has 1 aliphatic carbocycles. The molecule has 3 unspecified atom stereocenters. The monoisotopic (exact) mass is 287 g/mol. The largest absolute Gasteiger partial charge is 0.392 e. The molecule has 1 fully saturated rings. The third-order valence-corrected chi connectivity index (χ3v) is 3.45. The van der Waals surface area contributed by atoms with Crippen molar-refractivity contribution < 1.29 is 9.90 Å². The van der Waals surface area contributed by atoms with E-state index < -0.39 is 6.10 Å². The molecule has 2 rings (SSSR count). The molecule has 0 aromatic heterocycles. The van der Waals surface area contributed by atoms with Gasteiger partial charge in [0.05, 0.1) is 6.10 Å². The lowest BCUT2D eigenvalue weighted by Crippen LogP contribution is -2.31. The Hall–Kier alpha value is -0.770. The van der Waals surface area contributed by atoms with Crippen LogP contribution in [-0.2, 0) is 4.79 Å². The molecular formula is C13H15Cl2NO2. The zero-order valence-corrected chi connectivity index (χ0v) is 11.5. The Balaban J connectivity index is 1.96. The molecule has 2 N–H and O–H groups in total. The van der Waals surface area contributed by atoms with Crippen LogP contribution < -0.4 is 5.32 Å². The van der Waals surface area contributed by atoms with Crippen LogP contribution in [0.15, 0.2) is 18.2 Å². The van der Waals surface area contributed by atoms with Crippen LogP contribution in [0.25, 0.3) is 0 Å². The summed E-state index contributed by atoms with van der Waals surface area (Å²) in [4.78, 5) is 11.8. The second kappa shape index (κ2) is 5.47. The quantitative estimate of drug-likeness (QED) is 0.894. The second-order valence-electron chi connectivity index (χ2n) is 4.75. The Kier molecular flexibility index (Phi) is 4.15. The number of carbonyl (C=O) groups is 1. The number of benzene rings is 1. The van der Waals surface area contributed by atoms with Gasteiger partial charge in [0.15, 0.2) is 0 Å². The molecule has 1 aromatic carbocycles. The minimum Gasteiger partial charge on any atom is -0.392 e. The Morgan fingerprint density at radius 1 is 1.44 bits per heavy atom. The highest BCUT2D eigenvalue weighted by molar-refractivity contribution is 6.34. The predicted octanol–water partition coefficient (Wildman–Crippen LogP) is 2.59. The highest BCUT2D eigenvalue weighted by Crippen LogP contribution is 2.48. The van der Waals surface area contributed by atoms with Gasteiger partial charge >= 0.3 is 0 Å². The maximum atomic E-state index is 11.8. The van der Waals surface area contributed by atoms with E-state index in [2.05, 4.69) is 5.32 Å². The van der Waals surface area contributed by atoms with E-state index >= 15 is 0 Å². The van der Waals surface area contributed by atoms with E-state index in [0.717, 1.165) is 12.0 Å². The lowest BCUT2D eigenvalue weighted by molar-refractivity contribution is -0.122. The van der Waals surface area contributed by atoms with E-state index in [0.29, 0.717) is 16.6 Å². The number of hydrogen-bond donors (Lipinski definition) is 2. The summed E-state index contributed by atoms with van der Waals surface area (Å²) in [6.45, 7) is 1.93. The molecule has 0 heterocycles. The van der Waals surface area contributed by atoms with Crippen LogP contribution in [0.1, 0.15) is 24.8 Å². The van der Waals surface area contributed by atoms with Crippen LogP contribution in [0.5, 0.6) is 0 Å². The molecule has 1 amide bonds. The number of halogens is 2. The third kappa shape index (κ3) is 3.37. The van der Waals surface area contributed by atoms with E-state index in [-0.39, 0.29) is 17.7 Å². The molecule has 0 aliphatic heterocycles. The molecule has 0 bridgehead atoms. The molecule has 1 saturated carbocycles. The summed E-state index contributed by atoms with van der Waals surface area (Å²) < 4.78 is 0. The van der Waals surface area contributed by atoms with E-state index in [1.165, 1.54) is 0 Å². The Bertz CT molecular complexity index is 442. The van der Waals surface area contributed by atoms with E-state index in [1.54, 1.807) is 13.0 Å². The summed E-state index contributed by atoms with van der Waals surface area (Å²) in [5, 5.41) is 13.0. The van der Waals surface area contributed by atoms with Crippen molar-refractivity contribution >= 4 is 29.1 Å². The Labute approximate surface area is 116 Å². The minimum atomic E-state index is -0.522. The number of hydrogen-bond acceptors (Lipinski definition) is 2. The lowest BCUT2D eigenvalue weighted by Gasteiger charge is -2.07. The molecule has 1 aromatic rings. The van der Waals surface area contributed by atoms with Crippen LogP contribution in [0.2, 0.25) is 10.0 Å². The maximum Gasteiger partial charge on any atom is 0.223 e. The number of aliphatic hydroxyl groups excluding tert-OH is 1. The van der Waals surface area contributed by atoms with Crippen molar-refractivity contribution in [1.29, 1.82) is 0 Å². The fraction of sp³-hybridized carbons (Fsp3) is 0.462. The normalized spacial score (nSPS) is 23.6. The van der Waals surface area contributed by atoms with Crippen LogP contribution in [-0.4, -0.2) is 23.7 Å².